The summed E-state index contributed by atoms with van der Waals surface area (Å²) in [6.45, 7) is 3.71. The van der Waals surface area contributed by atoms with Crippen molar-refractivity contribution in [2.75, 3.05) is 5.32 Å². The Morgan fingerprint density at radius 1 is 1.24 bits per heavy atom. The first kappa shape index (κ1) is 24.5. The molecule has 0 bridgehead atoms. The lowest BCUT2D eigenvalue weighted by Gasteiger charge is -2.14. The molecule has 3 heterocycles. The minimum Gasteiger partial charge on any atom is -0.464 e. The van der Waals surface area contributed by atoms with Crippen LogP contribution in [-0.4, -0.2) is 44.1 Å². The molecule has 10 nitrogen and oxygen atoms in total. The molecule has 2 atom stereocenters. The summed E-state index contributed by atoms with van der Waals surface area (Å²) in [6, 6.07) is 8.52. The Morgan fingerprint density at radius 3 is 2.86 bits per heavy atom. The summed E-state index contributed by atoms with van der Waals surface area (Å²) in [6.07, 6.45) is 1.24. The molecule has 3 N–H and O–H groups in total. The predicted molar refractivity (Wildman–Crippen MR) is 130 cm³/mol. The van der Waals surface area contributed by atoms with E-state index in [1.165, 1.54) is 17.1 Å². The number of amides is 2. The van der Waals surface area contributed by atoms with Gasteiger partial charge in [0, 0.05) is 35.3 Å². The quantitative estimate of drug-likeness (QED) is 0.308. The SMILES string of the molecule is CC(C)NC(=O)O[C@@H]1CC[C@H](c2cc(NC(=O)c3cn(-c4cccc5occc45)nc3C(F)F)n[nH]2)C1. The number of nitrogens with zero attached hydrogens (tertiary/aromatic N) is 3. The number of carbonyl (C=O) groups excluding carboxylic acids is 2. The van der Waals surface area contributed by atoms with Gasteiger partial charge in [0.2, 0.25) is 0 Å². The first-order chi connectivity index (χ1) is 17.8. The summed E-state index contributed by atoms with van der Waals surface area (Å²) in [5, 5.41) is 17.0. The molecular weight excluding hydrogens is 486 g/mol. The van der Waals surface area contributed by atoms with E-state index in [0.29, 0.717) is 29.5 Å². The molecule has 0 spiro atoms. The standard InChI is InChI=1S/C25H26F2N6O4/c1-13(2)28-25(35)37-15-7-6-14(10-15)18-11-21(31-30-18)29-24(34)17-12-33(32-22(17)23(26)27)19-4-3-5-20-16(19)8-9-36-20/h3-5,8-9,11-15,23H,6-7,10H2,1-2H3,(H,28,35)(H2,29,30,31,34)/t14-,15+/m0/s1. The van der Waals surface area contributed by atoms with Crippen LogP contribution in [0.2, 0.25) is 0 Å². The number of hydrogen-bond acceptors (Lipinski definition) is 6. The predicted octanol–water partition coefficient (Wildman–Crippen LogP) is 5.30. The Hall–Kier alpha value is -4.22. The smallest absolute Gasteiger partial charge is 0.407 e. The third kappa shape index (κ3) is 5.18. The molecule has 1 fully saturated rings. The van der Waals surface area contributed by atoms with Crippen molar-refractivity contribution >= 4 is 28.8 Å². The van der Waals surface area contributed by atoms with Crippen molar-refractivity contribution < 1.29 is 27.5 Å². The van der Waals surface area contributed by atoms with E-state index < -0.39 is 24.1 Å². The highest BCUT2D eigenvalue weighted by Crippen LogP contribution is 2.36. The van der Waals surface area contributed by atoms with Crippen LogP contribution in [0.5, 0.6) is 0 Å². The highest BCUT2D eigenvalue weighted by Gasteiger charge is 2.30. The van der Waals surface area contributed by atoms with Gasteiger partial charge in [-0.1, -0.05) is 6.07 Å². The highest BCUT2D eigenvalue weighted by molar-refractivity contribution is 6.04. The number of hydrogen-bond donors (Lipinski definition) is 3. The van der Waals surface area contributed by atoms with Crippen molar-refractivity contribution in [3.8, 4) is 5.69 Å². The lowest BCUT2D eigenvalue weighted by atomic mass is 10.0. The van der Waals surface area contributed by atoms with E-state index in [4.69, 9.17) is 9.15 Å². The number of alkyl halides is 2. The zero-order valence-corrected chi connectivity index (χ0v) is 20.2. The van der Waals surface area contributed by atoms with Crippen LogP contribution in [0.15, 0.2) is 47.2 Å². The number of aromatic amines is 1. The molecular formula is C25H26F2N6O4. The summed E-state index contributed by atoms with van der Waals surface area (Å²) in [5.74, 6) is -0.492. The molecule has 5 rings (SSSR count). The van der Waals surface area contributed by atoms with E-state index in [0.717, 1.165) is 12.1 Å². The van der Waals surface area contributed by atoms with Crippen molar-refractivity contribution in [2.24, 2.45) is 0 Å². The van der Waals surface area contributed by atoms with Gasteiger partial charge in [-0.25, -0.2) is 18.3 Å². The fourth-order valence-electron chi connectivity index (χ4n) is 4.57. The molecule has 0 unspecified atom stereocenters. The topological polar surface area (TPSA) is 127 Å². The number of H-pyrrole nitrogens is 1. The Kier molecular flexibility index (Phi) is 6.64. The number of carbonyl (C=O) groups is 2. The third-order valence-corrected chi connectivity index (χ3v) is 6.26. The number of nitrogens with one attached hydrogen (secondary N) is 3. The second-order valence-corrected chi connectivity index (χ2v) is 9.28. The number of furan rings is 1. The summed E-state index contributed by atoms with van der Waals surface area (Å²) in [5.41, 5.74) is 0.952. The van der Waals surface area contributed by atoms with Crippen molar-refractivity contribution in [3.63, 3.8) is 0 Å². The number of halogens is 2. The van der Waals surface area contributed by atoms with E-state index in [1.54, 1.807) is 30.3 Å². The molecule has 0 radical (unpaired) electrons. The van der Waals surface area contributed by atoms with Crippen molar-refractivity contribution in [3.05, 3.63) is 59.7 Å². The monoisotopic (exact) mass is 512 g/mol. The molecule has 1 aliphatic carbocycles. The lowest BCUT2D eigenvalue weighted by Crippen LogP contribution is -2.33. The highest BCUT2D eigenvalue weighted by atomic mass is 19.3. The minimum atomic E-state index is -2.95. The largest absolute Gasteiger partial charge is 0.464 e. The zero-order valence-electron chi connectivity index (χ0n) is 20.2. The van der Waals surface area contributed by atoms with Gasteiger partial charge >= 0.3 is 6.09 Å². The summed E-state index contributed by atoms with van der Waals surface area (Å²) in [4.78, 5) is 24.8. The Morgan fingerprint density at radius 2 is 2.08 bits per heavy atom. The minimum absolute atomic E-state index is 0.0134. The molecule has 3 aromatic heterocycles. The zero-order chi connectivity index (χ0) is 26.1. The van der Waals surface area contributed by atoms with Crippen LogP contribution in [0.3, 0.4) is 0 Å². The van der Waals surface area contributed by atoms with Gasteiger partial charge in [-0.15, -0.1) is 0 Å². The van der Waals surface area contributed by atoms with Crippen LogP contribution in [0.25, 0.3) is 16.7 Å². The van der Waals surface area contributed by atoms with Crippen molar-refractivity contribution in [1.29, 1.82) is 0 Å². The van der Waals surface area contributed by atoms with Crippen LogP contribution in [0.1, 0.15) is 67.2 Å². The fraction of sp³-hybridized carbons (Fsp3) is 0.360. The Bertz CT molecular complexity index is 1430. The molecule has 0 saturated heterocycles. The number of benzene rings is 1. The number of fused-ring (bicyclic) bond motifs is 1. The average molecular weight is 513 g/mol. The van der Waals surface area contributed by atoms with E-state index in [-0.39, 0.29) is 29.4 Å². The number of rotatable bonds is 7. The van der Waals surface area contributed by atoms with Crippen LogP contribution < -0.4 is 10.6 Å². The van der Waals surface area contributed by atoms with Crippen LogP contribution >= 0.6 is 0 Å². The molecule has 1 aliphatic rings. The van der Waals surface area contributed by atoms with Crippen LogP contribution in [-0.2, 0) is 4.74 Å². The van der Waals surface area contributed by atoms with Gasteiger partial charge in [-0.05, 0) is 51.3 Å². The molecule has 12 heteroatoms. The van der Waals surface area contributed by atoms with Crippen molar-refractivity contribution in [1.82, 2.24) is 25.3 Å². The van der Waals surface area contributed by atoms with E-state index >= 15 is 0 Å². The van der Waals surface area contributed by atoms with Gasteiger partial charge in [0.25, 0.3) is 12.3 Å². The molecule has 1 saturated carbocycles. The van der Waals surface area contributed by atoms with E-state index in [1.807, 2.05) is 13.8 Å². The van der Waals surface area contributed by atoms with Crippen molar-refractivity contribution in [2.45, 2.75) is 57.6 Å². The lowest BCUT2D eigenvalue weighted by molar-refractivity contribution is 0.0979. The Balaban J connectivity index is 1.29. The summed E-state index contributed by atoms with van der Waals surface area (Å²) < 4.78 is 39.6. The maximum absolute atomic E-state index is 13.8. The molecule has 0 aliphatic heterocycles. The van der Waals surface area contributed by atoms with Crippen LogP contribution in [0.4, 0.5) is 19.4 Å². The van der Waals surface area contributed by atoms with Gasteiger partial charge in [-0.3, -0.25) is 9.89 Å². The van der Waals surface area contributed by atoms with Gasteiger partial charge in [0.05, 0.1) is 17.5 Å². The van der Waals surface area contributed by atoms with Gasteiger partial charge in [0.15, 0.2) is 5.82 Å². The van der Waals surface area contributed by atoms with Gasteiger partial charge in [-0.2, -0.15) is 10.2 Å². The molecule has 37 heavy (non-hydrogen) atoms. The maximum Gasteiger partial charge on any atom is 0.407 e. The van der Waals surface area contributed by atoms with Gasteiger partial charge < -0.3 is 19.8 Å². The number of aromatic nitrogens is 4. The average Bonchev–Trinajstić information content (AvgIpc) is 3.63. The number of anilines is 1. The second kappa shape index (κ2) is 10.0. The molecule has 1 aromatic carbocycles. The normalized spacial score (nSPS) is 17.6. The van der Waals surface area contributed by atoms with E-state index in [9.17, 15) is 18.4 Å². The third-order valence-electron chi connectivity index (χ3n) is 6.26. The first-order valence-corrected chi connectivity index (χ1v) is 12.0. The first-order valence-electron chi connectivity index (χ1n) is 12.0. The summed E-state index contributed by atoms with van der Waals surface area (Å²) in [7, 11) is 0. The summed E-state index contributed by atoms with van der Waals surface area (Å²) >= 11 is 0. The number of ether oxygens (including phenoxy) is 1. The molecule has 194 valence electrons. The van der Waals surface area contributed by atoms with Gasteiger partial charge in [0.1, 0.15) is 17.4 Å². The molecule has 4 aromatic rings. The number of alkyl carbamates (subject to hydrolysis) is 1. The second-order valence-electron chi connectivity index (χ2n) is 9.28. The van der Waals surface area contributed by atoms with Crippen LogP contribution in [0, 0.1) is 0 Å². The maximum atomic E-state index is 13.8. The van der Waals surface area contributed by atoms with E-state index in [2.05, 4.69) is 25.9 Å². The molecule has 2 amide bonds. The Labute approximate surface area is 210 Å². The fourth-order valence-corrected chi connectivity index (χ4v) is 4.57.